The molecule has 0 saturated carbocycles. The number of aliphatic hydroxyl groups excluding tert-OH is 1. The van der Waals surface area contributed by atoms with Crippen LogP contribution in [0.4, 0.5) is 11.4 Å². The molecule has 3 aromatic carbocycles. The van der Waals surface area contributed by atoms with E-state index in [1.807, 2.05) is 42.5 Å². The third-order valence-electron chi connectivity index (χ3n) is 6.13. The average Bonchev–Trinajstić information content (AvgIpc) is 2.88. The quantitative estimate of drug-likeness (QED) is 0.431. The van der Waals surface area contributed by atoms with E-state index in [0.29, 0.717) is 24.0 Å². The molecule has 3 aromatic rings. The Bertz CT molecular complexity index is 1140. The topological polar surface area (TPSA) is 90.9 Å². The highest BCUT2D eigenvalue weighted by atomic mass is 32.2. The lowest BCUT2D eigenvalue weighted by Crippen LogP contribution is -2.43. The number of aliphatic hydroxyl groups is 1. The second kappa shape index (κ2) is 10.9. The largest absolute Gasteiger partial charge is 0.497 e. The van der Waals surface area contributed by atoms with Gasteiger partial charge < -0.3 is 20.1 Å². The Morgan fingerprint density at radius 1 is 0.971 bits per heavy atom. The minimum Gasteiger partial charge on any atom is -0.497 e. The van der Waals surface area contributed by atoms with Crippen molar-refractivity contribution in [1.82, 2.24) is 5.32 Å². The summed E-state index contributed by atoms with van der Waals surface area (Å²) < 4.78 is 33.0. The van der Waals surface area contributed by atoms with Gasteiger partial charge in [0.1, 0.15) is 5.75 Å². The Morgan fingerprint density at radius 2 is 1.62 bits per heavy atom. The van der Waals surface area contributed by atoms with Gasteiger partial charge >= 0.3 is 0 Å². The molecule has 1 unspecified atom stereocenters. The molecule has 180 valence electrons. The van der Waals surface area contributed by atoms with Gasteiger partial charge in [-0.1, -0.05) is 30.3 Å². The number of methoxy groups -OCH3 is 1. The second-order valence-electron chi connectivity index (χ2n) is 8.42. The summed E-state index contributed by atoms with van der Waals surface area (Å²) in [5.41, 5.74) is 2.51. The van der Waals surface area contributed by atoms with Crippen LogP contribution in [0.3, 0.4) is 0 Å². The van der Waals surface area contributed by atoms with E-state index in [0.717, 1.165) is 37.2 Å². The summed E-state index contributed by atoms with van der Waals surface area (Å²) in [6, 6.07) is 23.8. The Kier molecular flexibility index (Phi) is 7.72. The van der Waals surface area contributed by atoms with E-state index in [-0.39, 0.29) is 4.90 Å². The molecule has 4 rings (SSSR count). The number of piperidine rings is 1. The van der Waals surface area contributed by atoms with Crippen molar-refractivity contribution < 1.29 is 18.3 Å². The molecule has 34 heavy (non-hydrogen) atoms. The number of hydrogen-bond acceptors (Lipinski definition) is 6. The summed E-state index contributed by atoms with van der Waals surface area (Å²) in [7, 11) is -2.12. The molecular formula is C26H31N3O4S. The highest BCUT2D eigenvalue weighted by Crippen LogP contribution is 2.24. The molecule has 0 aromatic heterocycles. The van der Waals surface area contributed by atoms with Crippen molar-refractivity contribution in [1.29, 1.82) is 0 Å². The van der Waals surface area contributed by atoms with E-state index < -0.39 is 16.1 Å². The van der Waals surface area contributed by atoms with Crippen LogP contribution < -0.4 is 19.7 Å². The highest BCUT2D eigenvalue weighted by Gasteiger charge is 2.21. The predicted molar refractivity (Wildman–Crippen MR) is 135 cm³/mol. The van der Waals surface area contributed by atoms with Gasteiger partial charge in [0.2, 0.25) is 0 Å². The van der Waals surface area contributed by atoms with Crippen LogP contribution in [-0.2, 0) is 10.0 Å². The molecule has 0 radical (unpaired) electrons. The van der Waals surface area contributed by atoms with E-state index in [9.17, 15) is 13.5 Å². The van der Waals surface area contributed by atoms with Crippen LogP contribution >= 0.6 is 0 Å². The number of anilines is 2. The molecule has 0 amide bonds. The fourth-order valence-electron chi connectivity index (χ4n) is 4.12. The Hall–Kier alpha value is -3.07. The molecule has 1 aliphatic rings. The summed E-state index contributed by atoms with van der Waals surface area (Å²) in [5, 5.41) is 13.8. The van der Waals surface area contributed by atoms with Crippen molar-refractivity contribution in [3.8, 4) is 5.75 Å². The van der Waals surface area contributed by atoms with Crippen LogP contribution in [0, 0.1) is 0 Å². The first-order valence-electron chi connectivity index (χ1n) is 11.4. The van der Waals surface area contributed by atoms with Crippen molar-refractivity contribution in [3.63, 3.8) is 0 Å². The first-order valence-corrected chi connectivity index (χ1v) is 12.9. The number of rotatable bonds is 9. The van der Waals surface area contributed by atoms with Crippen LogP contribution in [0.2, 0.25) is 0 Å². The van der Waals surface area contributed by atoms with Crippen LogP contribution in [0.15, 0.2) is 83.8 Å². The lowest BCUT2D eigenvalue weighted by atomic mass is 10.0. The van der Waals surface area contributed by atoms with E-state index >= 15 is 0 Å². The lowest BCUT2D eigenvalue weighted by molar-refractivity contribution is 0.167. The average molecular weight is 482 g/mol. The molecule has 0 bridgehead atoms. The van der Waals surface area contributed by atoms with Gasteiger partial charge in [-0.25, -0.2) is 8.42 Å². The molecule has 1 atom stereocenters. The smallest absolute Gasteiger partial charge is 0.261 e. The maximum absolute atomic E-state index is 12.6. The number of nitrogens with zero attached hydrogens (tertiary/aromatic N) is 1. The van der Waals surface area contributed by atoms with Crippen molar-refractivity contribution in [2.24, 2.45) is 0 Å². The van der Waals surface area contributed by atoms with Crippen molar-refractivity contribution in [2.75, 3.05) is 36.4 Å². The molecule has 7 nitrogen and oxygen atoms in total. The van der Waals surface area contributed by atoms with Crippen LogP contribution in [-0.4, -0.2) is 46.3 Å². The maximum atomic E-state index is 12.6. The van der Waals surface area contributed by atoms with Crippen LogP contribution in [0.25, 0.3) is 0 Å². The van der Waals surface area contributed by atoms with Crippen molar-refractivity contribution in [3.05, 3.63) is 84.4 Å². The zero-order chi connectivity index (χ0) is 24.0. The molecule has 1 fully saturated rings. The van der Waals surface area contributed by atoms with E-state index in [1.54, 1.807) is 31.4 Å². The van der Waals surface area contributed by atoms with Gasteiger partial charge in [-0.05, 0) is 66.9 Å². The molecule has 1 aliphatic heterocycles. The minimum absolute atomic E-state index is 0.185. The normalized spacial score (nSPS) is 15.6. The van der Waals surface area contributed by atoms with Crippen molar-refractivity contribution in [2.45, 2.75) is 29.9 Å². The fourth-order valence-corrected chi connectivity index (χ4v) is 5.18. The predicted octanol–water partition coefficient (Wildman–Crippen LogP) is 3.79. The number of nitrogens with one attached hydrogen (secondary N) is 2. The number of sulfonamides is 1. The second-order valence-corrected chi connectivity index (χ2v) is 10.1. The third-order valence-corrected chi connectivity index (χ3v) is 7.53. The molecule has 0 spiro atoms. The minimum atomic E-state index is -3.66. The molecule has 0 aliphatic carbocycles. The molecular weight excluding hydrogens is 450 g/mol. The molecule has 1 saturated heterocycles. The van der Waals surface area contributed by atoms with Gasteiger partial charge in [0.25, 0.3) is 10.0 Å². The molecule has 3 N–H and O–H groups in total. The standard InChI is InChI=1S/C26H31N3O4S/c1-33-24-11-13-25(14-12-24)34(31,32)28-22-7-9-23(10-8-22)29-17-15-21(16-18-29)27-19-26(30)20-5-3-2-4-6-20/h2-14,21,26-28,30H,15-19H2,1H3. The monoisotopic (exact) mass is 481 g/mol. The summed E-state index contributed by atoms with van der Waals surface area (Å²) in [6.07, 6.45) is 1.45. The van der Waals surface area contributed by atoms with Crippen molar-refractivity contribution >= 4 is 21.4 Å². The summed E-state index contributed by atoms with van der Waals surface area (Å²) in [6.45, 7) is 2.34. The molecule has 8 heteroatoms. The van der Waals surface area contributed by atoms with Gasteiger partial charge in [0.15, 0.2) is 0 Å². The number of ether oxygens (including phenoxy) is 1. The van der Waals surface area contributed by atoms with Gasteiger partial charge in [0.05, 0.1) is 18.1 Å². The van der Waals surface area contributed by atoms with E-state index in [1.165, 1.54) is 12.1 Å². The highest BCUT2D eigenvalue weighted by molar-refractivity contribution is 7.92. The van der Waals surface area contributed by atoms with Gasteiger partial charge in [-0.15, -0.1) is 0 Å². The number of benzene rings is 3. The Labute approximate surface area is 201 Å². The van der Waals surface area contributed by atoms with Gasteiger partial charge in [-0.3, -0.25) is 4.72 Å². The zero-order valence-corrected chi connectivity index (χ0v) is 20.0. The van der Waals surface area contributed by atoms with Crippen LogP contribution in [0.1, 0.15) is 24.5 Å². The summed E-state index contributed by atoms with van der Waals surface area (Å²) >= 11 is 0. The summed E-state index contributed by atoms with van der Waals surface area (Å²) in [5.74, 6) is 0.606. The van der Waals surface area contributed by atoms with E-state index in [4.69, 9.17) is 4.74 Å². The molecule has 1 heterocycles. The van der Waals surface area contributed by atoms with Gasteiger partial charge in [0, 0.05) is 37.1 Å². The summed E-state index contributed by atoms with van der Waals surface area (Å²) in [4.78, 5) is 2.48. The first kappa shape index (κ1) is 24.1. The fraction of sp³-hybridized carbons (Fsp3) is 0.308. The maximum Gasteiger partial charge on any atom is 0.261 e. The van der Waals surface area contributed by atoms with Crippen LogP contribution in [0.5, 0.6) is 5.75 Å². The number of hydrogen-bond donors (Lipinski definition) is 3. The van der Waals surface area contributed by atoms with E-state index in [2.05, 4.69) is 14.9 Å². The zero-order valence-electron chi connectivity index (χ0n) is 19.2. The first-order chi connectivity index (χ1) is 16.4. The third kappa shape index (κ3) is 6.08. The SMILES string of the molecule is COc1ccc(S(=O)(=O)Nc2ccc(N3CCC(NCC(O)c4ccccc4)CC3)cc2)cc1. The Morgan fingerprint density at radius 3 is 2.24 bits per heavy atom. The van der Waals surface area contributed by atoms with Gasteiger partial charge in [-0.2, -0.15) is 0 Å². The lowest BCUT2D eigenvalue weighted by Gasteiger charge is -2.34. The Balaban J connectivity index is 1.27.